The summed E-state index contributed by atoms with van der Waals surface area (Å²) in [4.78, 5) is 0. The van der Waals surface area contributed by atoms with Crippen LogP contribution in [0.2, 0.25) is 0 Å². The maximum atomic E-state index is 2.48. The van der Waals surface area contributed by atoms with Crippen molar-refractivity contribution in [2.75, 3.05) is 0 Å². The predicted octanol–water partition coefficient (Wildman–Crippen LogP) is 5.81. The molecule has 0 bridgehead atoms. The van der Waals surface area contributed by atoms with E-state index in [1.54, 1.807) is 0 Å². The second-order valence-electron chi connectivity index (χ2n) is 7.36. The summed E-state index contributed by atoms with van der Waals surface area (Å²) in [5.41, 5.74) is 0.526. The molecule has 2 aliphatic carbocycles. The van der Waals surface area contributed by atoms with Crippen LogP contribution in [0.1, 0.15) is 19.8 Å². The first-order valence-corrected chi connectivity index (χ1v) is 11.3. The third kappa shape index (κ3) is 2.74. The summed E-state index contributed by atoms with van der Waals surface area (Å²) in [7, 11) is -1.74. The molecule has 0 amide bonds. The van der Waals surface area contributed by atoms with E-state index in [1.807, 2.05) is 0 Å². The molecule has 0 aliphatic heterocycles. The minimum absolute atomic E-state index is 0.116. The minimum atomic E-state index is -1.74. The van der Waals surface area contributed by atoms with Gasteiger partial charge in [0.15, 0.2) is 0 Å². The highest BCUT2D eigenvalue weighted by Gasteiger charge is 2.60. The van der Waals surface area contributed by atoms with E-state index in [9.17, 15) is 0 Å². The molecule has 0 saturated heterocycles. The quantitative estimate of drug-likeness (QED) is 0.605. The van der Waals surface area contributed by atoms with Crippen LogP contribution in [0.25, 0.3) is 0 Å². The van der Waals surface area contributed by atoms with Crippen molar-refractivity contribution in [1.29, 1.82) is 0 Å². The summed E-state index contributed by atoms with van der Waals surface area (Å²) in [6, 6.07) is 22.6. The van der Waals surface area contributed by atoms with Crippen LogP contribution in [0.4, 0.5) is 0 Å². The number of benzene rings is 2. The Bertz CT molecular complexity index is 818. The van der Waals surface area contributed by atoms with Crippen molar-refractivity contribution >= 4 is 17.9 Å². The van der Waals surface area contributed by atoms with Gasteiger partial charge in [-0.15, -0.1) is 0 Å². The van der Waals surface area contributed by atoms with E-state index in [2.05, 4.69) is 116 Å². The van der Waals surface area contributed by atoms with Crippen molar-refractivity contribution in [3.63, 3.8) is 0 Å². The molecule has 2 aliphatic rings. The van der Waals surface area contributed by atoms with Crippen LogP contribution < -0.4 is 10.6 Å². The van der Waals surface area contributed by atoms with Crippen LogP contribution in [0.15, 0.2) is 109 Å². The number of allylic oxidation sites excluding steroid dienone is 8. The number of hydrogen-bond donors (Lipinski definition) is 0. The monoisotopic (exact) mass is 357 g/mol. The van der Waals surface area contributed by atoms with Gasteiger partial charge in [0.05, 0.1) is 7.26 Å². The Morgan fingerprint density at radius 3 is 1.88 bits per heavy atom. The van der Waals surface area contributed by atoms with E-state index < -0.39 is 7.26 Å². The van der Waals surface area contributed by atoms with Gasteiger partial charge in [0.2, 0.25) is 0 Å². The van der Waals surface area contributed by atoms with Crippen LogP contribution in [0.5, 0.6) is 0 Å². The SMILES string of the molecule is CC1([P+](c2ccccc2)(c2ccccc2)C2C=CC=CC2)C=CC=CC1. The van der Waals surface area contributed by atoms with E-state index in [0.29, 0.717) is 5.66 Å². The fraction of sp³-hybridized carbons (Fsp3) is 0.200. The second-order valence-corrected chi connectivity index (χ2v) is 11.5. The Morgan fingerprint density at radius 2 is 1.38 bits per heavy atom. The van der Waals surface area contributed by atoms with Gasteiger partial charge in [-0.3, -0.25) is 0 Å². The zero-order valence-corrected chi connectivity index (χ0v) is 16.2. The van der Waals surface area contributed by atoms with Crippen molar-refractivity contribution < 1.29 is 0 Å². The number of hydrogen-bond acceptors (Lipinski definition) is 0. The second kappa shape index (κ2) is 7.22. The third-order valence-corrected chi connectivity index (χ3v) is 11.4. The molecular weight excluding hydrogens is 331 g/mol. The van der Waals surface area contributed by atoms with Gasteiger partial charge < -0.3 is 0 Å². The topological polar surface area (TPSA) is 0 Å². The van der Waals surface area contributed by atoms with Crippen molar-refractivity contribution in [2.45, 2.75) is 30.6 Å². The van der Waals surface area contributed by atoms with Crippen molar-refractivity contribution in [3.05, 3.63) is 109 Å². The van der Waals surface area contributed by atoms with E-state index >= 15 is 0 Å². The molecule has 0 N–H and O–H groups in total. The van der Waals surface area contributed by atoms with E-state index in [4.69, 9.17) is 0 Å². The van der Waals surface area contributed by atoms with Crippen LogP contribution >= 0.6 is 7.26 Å². The normalized spacial score (nSPS) is 24.7. The minimum Gasteiger partial charge on any atom is -0.0803 e. The predicted molar refractivity (Wildman–Crippen MR) is 117 cm³/mol. The first-order chi connectivity index (χ1) is 12.8. The molecule has 2 unspecified atom stereocenters. The summed E-state index contributed by atoms with van der Waals surface area (Å²) in [5.74, 6) is 0. The Labute approximate surface area is 158 Å². The largest absolute Gasteiger partial charge is 0.109 e. The molecule has 0 fully saturated rings. The summed E-state index contributed by atoms with van der Waals surface area (Å²) < 4.78 is 0. The van der Waals surface area contributed by atoms with Crippen molar-refractivity contribution in [1.82, 2.24) is 0 Å². The third-order valence-electron chi connectivity index (χ3n) is 5.82. The van der Waals surface area contributed by atoms with Gasteiger partial charge >= 0.3 is 0 Å². The number of rotatable bonds is 4. The molecule has 130 valence electrons. The smallest absolute Gasteiger partial charge is 0.0803 e. The Morgan fingerprint density at radius 1 is 0.769 bits per heavy atom. The van der Waals surface area contributed by atoms with Crippen LogP contribution in [0.3, 0.4) is 0 Å². The first-order valence-electron chi connectivity index (χ1n) is 9.45. The van der Waals surface area contributed by atoms with E-state index in [1.165, 1.54) is 10.6 Å². The Kier molecular flexibility index (Phi) is 4.79. The maximum absolute atomic E-state index is 2.48. The lowest BCUT2D eigenvalue weighted by atomic mass is 10.0. The molecule has 0 spiro atoms. The van der Waals surface area contributed by atoms with Gasteiger partial charge in [-0.05, 0) is 43.3 Å². The van der Waals surface area contributed by atoms with Crippen LogP contribution in [-0.4, -0.2) is 10.8 Å². The molecule has 0 heterocycles. The Hall–Kier alpha value is -2.17. The molecule has 0 saturated carbocycles. The molecule has 2 aromatic carbocycles. The van der Waals surface area contributed by atoms with Gasteiger partial charge in [0.25, 0.3) is 0 Å². The molecule has 2 aromatic rings. The van der Waals surface area contributed by atoms with E-state index in [-0.39, 0.29) is 5.16 Å². The molecule has 26 heavy (non-hydrogen) atoms. The molecule has 0 nitrogen and oxygen atoms in total. The van der Waals surface area contributed by atoms with E-state index in [0.717, 1.165) is 12.8 Å². The molecular formula is C25H26P+. The first kappa shape index (κ1) is 17.3. The average Bonchev–Trinajstić information content (AvgIpc) is 2.71. The van der Waals surface area contributed by atoms with Gasteiger partial charge in [-0.25, -0.2) is 0 Å². The highest BCUT2D eigenvalue weighted by molar-refractivity contribution is 7.91. The van der Waals surface area contributed by atoms with Gasteiger partial charge in [0.1, 0.15) is 21.4 Å². The zero-order valence-electron chi connectivity index (χ0n) is 15.3. The molecule has 4 rings (SSSR count). The van der Waals surface area contributed by atoms with Crippen molar-refractivity contribution in [3.8, 4) is 0 Å². The highest BCUT2D eigenvalue weighted by Crippen LogP contribution is 2.73. The fourth-order valence-corrected chi connectivity index (χ4v) is 10.5. The zero-order chi connectivity index (χ0) is 17.9. The summed E-state index contributed by atoms with van der Waals surface area (Å²) in [6.07, 6.45) is 20.7. The lowest BCUT2D eigenvalue weighted by molar-refractivity contribution is 0.764. The lowest BCUT2D eigenvalue weighted by Gasteiger charge is -2.45. The van der Waals surface area contributed by atoms with Gasteiger partial charge in [-0.1, -0.05) is 72.9 Å². The molecule has 0 radical (unpaired) electrons. The Balaban J connectivity index is 2.03. The van der Waals surface area contributed by atoms with Crippen LogP contribution in [0, 0.1) is 0 Å². The lowest BCUT2D eigenvalue weighted by Crippen LogP contribution is -2.44. The summed E-state index contributed by atoms with van der Waals surface area (Å²) in [6.45, 7) is 2.48. The van der Waals surface area contributed by atoms with Crippen molar-refractivity contribution in [2.24, 2.45) is 0 Å². The molecule has 1 heteroatoms. The maximum Gasteiger partial charge on any atom is 0.109 e. The van der Waals surface area contributed by atoms with Crippen LogP contribution in [-0.2, 0) is 0 Å². The van der Waals surface area contributed by atoms with Gasteiger partial charge in [0, 0.05) is 12.8 Å². The summed E-state index contributed by atoms with van der Waals surface area (Å²) >= 11 is 0. The average molecular weight is 357 g/mol. The highest BCUT2D eigenvalue weighted by atomic mass is 31.2. The molecule has 2 atom stereocenters. The fourth-order valence-electron chi connectivity index (χ4n) is 4.66. The van der Waals surface area contributed by atoms with Gasteiger partial charge in [-0.2, -0.15) is 0 Å². The summed E-state index contributed by atoms with van der Waals surface area (Å²) in [5, 5.41) is 3.14. The standard InChI is InChI=1S/C25H26P/c1-25(20-12-5-13-21-25)26(22-14-6-2-7-15-22,23-16-8-3-9-17-23)24-18-10-4-11-19-24/h2-18,20,24H,19,21H2,1H3/q+1. The molecule has 0 aromatic heterocycles.